The molecule has 3 heteroatoms. The first kappa shape index (κ1) is 10.3. The topological polar surface area (TPSA) is 38.3 Å². The van der Waals surface area contributed by atoms with Crippen LogP contribution in [0.1, 0.15) is 26.2 Å². The van der Waals surface area contributed by atoms with Crippen LogP contribution in [0.2, 0.25) is 0 Å². The van der Waals surface area contributed by atoms with Gasteiger partial charge in [-0.05, 0) is 19.4 Å². The van der Waals surface area contributed by atoms with Crippen molar-refractivity contribution in [2.24, 2.45) is 0 Å². The zero-order valence-corrected chi connectivity index (χ0v) is 8.30. The highest BCUT2D eigenvalue weighted by molar-refractivity contribution is 5.88. The van der Waals surface area contributed by atoms with E-state index in [2.05, 4.69) is 17.0 Å². The van der Waals surface area contributed by atoms with Gasteiger partial charge in [0.05, 0.1) is 7.11 Å². The van der Waals surface area contributed by atoms with Crippen molar-refractivity contribution >= 4 is 5.97 Å². The fourth-order valence-electron chi connectivity index (χ4n) is 1.57. The molecule has 0 spiro atoms. The van der Waals surface area contributed by atoms with Crippen LogP contribution in [0.4, 0.5) is 0 Å². The van der Waals surface area contributed by atoms with Crippen LogP contribution in [0.5, 0.6) is 0 Å². The maximum atomic E-state index is 11.2. The summed E-state index contributed by atoms with van der Waals surface area (Å²) < 4.78 is 4.68. The van der Waals surface area contributed by atoms with Crippen LogP contribution in [-0.2, 0) is 9.53 Å². The van der Waals surface area contributed by atoms with E-state index in [1.165, 1.54) is 7.11 Å². The second kappa shape index (κ2) is 5.02. The lowest BCUT2D eigenvalue weighted by Gasteiger charge is -2.21. The fraction of sp³-hybridized carbons (Fsp3) is 0.700. The molecule has 1 atom stereocenters. The number of carbonyl (C=O) groups excluding carboxylic acids is 1. The van der Waals surface area contributed by atoms with Crippen molar-refractivity contribution in [2.45, 2.75) is 32.2 Å². The SMILES string of the molecule is CCCC1C=C(C(=O)OC)CCN1. The zero-order chi connectivity index (χ0) is 9.68. The van der Waals surface area contributed by atoms with Crippen LogP contribution < -0.4 is 5.32 Å². The molecule has 13 heavy (non-hydrogen) atoms. The molecule has 1 rings (SSSR count). The lowest BCUT2D eigenvalue weighted by molar-refractivity contribution is -0.136. The minimum Gasteiger partial charge on any atom is -0.466 e. The molecule has 0 aromatic rings. The summed E-state index contributed by atoms with van der Waals surface area (Å²) in [6.07, 6.45) is 4.99. The molecule has 1 aliphatic rings. The summed E-state index contributed by atoms with van der Waals surface area (Å²) in [6, 6.07) is 0.354. The van der Waals surface area contributed by atoms with Gasteiger partial charge in [-0.15, -0.1) is 0 Å². The van der Waals surface area contributed by atoms with E-state index in [1.54, 1.807) is 0 Å². The molecule has 1 heterocycles. The van der Waals surface area contributed by atoms with Crippen molar-refractivity contribution in [1.29, 1.82) is 0 Å². The second-order valence-corrected chi connectivity index (χ2v) is 3.28. The largest absolute Gasteiger partial charge is 0.466 e. The maximum absolute atomic E-state index is 11.2. The number of hydrogen-bond donors (Lipinski definition) is 1. The molecule has 1 aliphatic heterocycles. The van der Waals surface area contributed by atoms with E-state index in [4.69, 9.17) is 0 Å². The van der Waals surface area contributed by atoms with E-state index in [0.717, 1.165) is 31.4 Å². The van der Waals surface area contributed by atoms with Crippen LogP contribution in [-0.4, -0.2) is 25.7 Å². The van der Waals surface area contributed by atoms with Crippen LogP contribution in [0, 0.1) is 0 Å². The molecular formula is C10H17NO2. The Morgan fingerprint density at radius 3 is 3.15 bits per heavy atom. The zero-order valence-electron chi connectivity index (χ0n) is 8.30. The second-order valence-electron chi connectivity index (χ2n) is 3.28. The van der Waals surface area contributed by atoms with Crippen molar-refractivity contribution in [3.63, 3.8) is 0 Å². The van der Waals surface area contributed by atoms with Crippen molar-refractivity contribution in [3.8, 4) is 0 Å². The van der Waals surface area contributed by atoms with Gasteiger partial charge in [-0.1, -0.05) is 19.4 Å². The lowest BCUT2D eigenvalue weighted by atomic mass is 10.0. The molecule has 1 N–H and O–H groups in total. The highest BCUT2D eigenvalue weighted by Crippen LogP contribution is 2.12. The first-order valence-electron chi connectivity index (χ1n) is 4.80. The summed E-state index contributed by atoms with van der Waals surface area (Å²) in [5.74, 6) is -0.178. The van der Waals surface area contributed by atoms with E-state index in [-0.39, 0.29) is 5.97 Å². The number of ether oxygens (including phenoxy) is 1. The summed E-state index contributed by atoms with van der Waals surface area (Å²) in [7, 11) is 1.43. The number of methoxy groups -OCH3 is 1. The third-order valence-corrected chi connectivity index (χ3v) is 2.25. The third kappa shape index (κ3) is 2.84. The molecule has 0 fully saturated rings. The smallest absolute Gasteiger partial charge is 0.333 e. The Kier molecular flexibility index (Phi) is 3.96. The van der Waals surface area contributed by atoms with E-state index in [9.17, 15) is 4.79 Å². The fourth-order valence-corrected chi connectivity index (χ4v) is 1.57. The van der Waals surface area contributed by atoms with E-state index in [1.807, 2.05) is 6.08 Å². The number of nitrogens with one attached hydrogen (secondary N) is 1. The van der Waals surface area contributed by atoms with Gasteiger partial charge in [-0.25, -0.2) is 4.79 Å². The Hall–Kier alpha value is -0.830. The summed E-state index contributed by atoms with van der Waals surface area (Å²) in [5, 5.41) is 3.34. The minimum absolute atomic E-state index is 0.178. The van der Waals surface area contributed by atoms with E-state index < -0.39 is 0 Å². The number of carbonyl (C=O) groups is 1. The van der Waals surface area contributed by atoms with Gasteiger partial charge in [0.2, 0.25) is 0 Å². The molecule has 0 saturated heterocycles. The molecule has 0 aliphatic carbocycles. The van der Waals surface area contributed by atoms with Crippen LogP contribution >= 0.6 is 0 Å². The molecule has 1 unspecified atom stereocenters. The maximum Gasteiger partial charge on any atom is 0.333 e. The highest BCUT2D eigenvalue weighted by atomic mass is 16.5. The number of rotatable bonds is 3. The molecule has 0 radical (unpaired) electrons. The summed E-state index contributed by atoms with van der Waals surface area (Å²) in [5.41, 5.74) is 0.819. The summed E-state index contributed by atoms with van der Waals surface area (Å²) >= 11 is 0. The van der Waals surface area contributed by atoms with Crippen LogP contribution in [0.3, 0.4) is 0 Å². The molecule has 74 valence electrons. The van der Waals surface area contributed by atoms with E-state index in [0.29, 0.717) is 6.04 Å². The molecule has 0 aromatic carbocycles. The van der Waals surface area contributed by atoms with Crippen molar-refractivity contribution in [3.05, 3.63) is 11.6 Å². The van der Waals surface area contributed by atoms with Gasteiger partial charge in [-0.3, -0.25) is 0 Å². The average Bonchev–Trinajstić information content (AvgIpc) is 2.18. The van der Waals surface area contributed by atoms with Gasteiger partial charge < -0.3 is 10.1 Å². The Bertz CT molecular complexity index is 211. The van der Waals surface area contributed by atoms with Crippen LogP contribution in [0.15, 0.2) is 11.6 Å². The monoisotopic (exact) mass is 183 g/mol. The van der Waals surface area contributed by atoms with Gasteiger partial charge in [-0.2, -0.15) is 0 Å². The average molecular weight is 183 g/mol. The normalized spacial score (nSPS) is 22.3. The van der Waals surface area contributed by atoms with Crippen molar-refractivity contribution < 1.29 is 9.53 Å². The molecule has 3 nitrogen and oxygen atoms in total. The standard InChI is InChI=1S/C10H17NO2/c1-3-4-9-7-8(5-6-11-9)10(12)13-2/h7,9,11H,3-6H2,1-2H3. The van der Waals surface area contributed by atoms with Crippen LogP contribution in [0.25, 0.3) is 0 Å². The van der Waals surface area contributed by atoms with Gasteiger partial charge in [0, 0.05) is 11.6 Å². The molecule has 0 saturated carbocycles. The van der Waals surface area contributed by atoms with Gasteiger partial charge in [0.15, 0.2) is 0 Å². The summed E-state index contributed by atoms with van der Waals surface area (Å²) in [6.45, 7) is 3.02. The third-order valence-electron chi connectivity index (χ3n) is 2.25. The molecule has 0 bridgehead atoms. The van der Waals surface area contributed by atoms with Gasteiger partial charge >= 0.3 is 5.97 Å². The first-order chi connectivity index (χ1) is 6.27. The Labute approximate surface area is 79.2 Å². The van der Waals surface area contributed by atoms with Gasteiger partial charge in [0.1, 0.15) is 0 Å². The summed E-state index contributed by atoms with van der Waals surface area (Å²) in [4.78, 5) is 11.2. The highest BCUT2D eigenvalue weighted by Gasteiger charge is 2.17. The van der Waals surface area contributed by atoms with Gasteiger partial charge in [0.25, 0.3) is 0 Å². The molecule has 0 amide bonds. The quantitative estimate of drug-likeness (QED) is 0.669. The molecule has 0 aromatic heterocycles. The Morgan fingerprint density at radius 1 is 1.77 bits per heavy atom. The van der Waals surface area contributed by atoms with Crippen molar-refractivity contribution in [1.82, 2.24) is 5.32 Å². The first-order valence-corrected chi connectivity index (χ1v) is 4.80. The predicted molar refractivity (Wildman–Crippen MR) is 51.4 cm³/mol. The minimum atomic E-state index is -0.178. The Balaban J connectivity index is 2.58. The van der Waals surface area contributed by atoms with E-state index >= 15 is 0 Å². The Morgan fingerprint density at radius 2 is 2.54 bits per heavy atom. The predicted octanol–water partition coefficient (Wildman–Crippen LogP) is 1.25. The number of esters is 1. The van der Waals surface area contributed by atoms with Crippen molar-refractivity contribution in [2.75, 3.05) is 13.7 Å². The molecular weight excluding hydrogens is 166 g/mol. The number of hydrogen-bond acceptors (Lipinski definition) is 3. The lowest BCUT2D eigenvalue weighted by Crippen LogP contribution is -2.33.